The molecule has 0 aliphatic heterocycles. The van der Waals surface area contributed by atoms with Gasteiger partial charge in [0.15, 0.2) is 0 Å². The van der Waals surface area contributed by atoms with Crippen LogP contribution in [0, 0.1) is 0 Å². The Labute approximate surface area is 89.7 Å². The lowest BCUT2D eigenvalue weighted by Crippen LogP contribution is -1.99. The SMILES string of the molecule is OCCCCCn1cc(CCCO)nn1. The highest BCUT2D eigenvalue weighted by molar-refractivity contribution is 4.91. The molecule has 0 unspecified atom stereocenters. The minimum atomic E-state index is 0.198. The fourth-order valence-electron chi connectivity index (χ4n) is 1.38. The fraction of sp³-hybridized carbons (Fsp3) is 0.800. The van der Waals surface area contributed by atoms with E-state index in [9.17, 15) is 0 Å². The highest BCUT2D eigenvalue weighted by Gasteiger charge is 1.99. The van der Waals surface area contributed by atoms with Crippen LogP contribution >= 0.6 is 0 Å². The van der Waals surface area contributed by atoms with Crippen molar-refractivity contribution in [2.45, 2.75) is 38.6 Å². The molecule has 5 heteroatoms. The summed E-state index contributed by atoms with van der Waals surface area (Å²) in [5.74, 6) is 0. The number of aliphatic hydroxyl groups is 2. The third-order valence-corrected chi connectivity index (χ3v) is 2.22. The second kappa shape index (κ2) is 7.36. The molecule has 0 saturated carbocycles. The Bertz CT molecular complexity index is 263. The number of aromatic nitrogens is 3. The van der Waals surface area contributed by atoms with Crippen molar-refractivity contribution < 1.29 is 10.2 Å². The van der Waals surface area contributed by atoms with E-state index in [0.29, 0.717) is 0 Å². The molecule has 0 radical (unpaired) electrons. The van der Waals surface area contributed by atoms with Gasteiger partial charge in [0.2, 0.25) is 0 Å². The van der Waals surface area contributed by atoms with E-state index in [1.165, 1.54) is 0 Å². The maximum atomic E-state index is 8.66. The second-order valence-electron chi connectivity index (χ2n) is 3.58. The average Bonchev–Trinajstić information content (AvgIpc) is 2.69. The van der Waals surface area contributed by atoms with Crippen LogP contribution in [0.5, 0.6) is 0 Å². The molecule has 1 rings (SSSR count). The van der Waals surface area contributed by atoms with Crippen molar-refractivity contribution in [1.29, 1.82) is 0 Å². The van der Waals surface area contributed by atoms with Crippen LogP contribution in [-0.2, 0) is 13.0 Å². The predicted octanol–water partition coefficient (Wildman–Crippen LogP) is 0.366. The number of rotatable bonds is 8. The fourth-order valence-corrected chi connectivity index (χ4v) is 1.38. The molecule has 0 saturated heterocycles. The molecular formula is C10H19N3O2. The summed E-state index contributed by atoms with van der Waals surface area (Å²) in [6.45, 7) is 1.31. The molecular weight excluding hydrogens is 194 g/mol. The third kappa shape index (κ3) is 4.90. The zero-order valence-electron chi connectivity index (χ0n) is 8.97. The van der Waals surface area contributed by atoms with Gasteiger partial charge < -0.3 is 10.2 Å². The van der Waals surface area contributed by atoms with Crippen molar-refractivity contribution in [2.75, 3.05) is 13.2 Å². The summed E-state index contributed by atoms with van der Waals surface area (Å²) in [5, 5.41) is 25.3. The minimum absolute atomic E-state index is 0.198. The Morgan fingerprint density at radius 1 is 1.07 bits per heavy atom. The summed E-state index contributed by atoms with van der Waals surface area (Å²) < 4.78 is 1.82. The van der Waals surface area contributed by atoms with Crippen molar-refractivity contribution in [1.82, 2.24) is 15.0 Å². The van der Waals surface area contributed by atoms with E-state index in [1.807, 2.05) is 10.9 Å². The number of aryl methyl sites for hydroxylation is 2. The molecule has 1 aromatic rings. The minimum Gasteiger partial charge on any atom is -0.396 e. The molecule has 5 nitrogen and oxygen atoms in total. The summed E-state index contributed by atoms with van der Waals surface area (Å²) in [7, 11) is 0. The van der Waals surface area contributed by atoms with E-state index < -0.39 is 0 Å². The van der Waals surface area contributed by atoms with Crippen LogP contribution in [0.3, 0.4) is 0 Å². The molecule has 15 heavy (non-hydrogen) atoms. The number of nitrogens with zero attached hydrogens (tertiary/aromatic N) is 3. The van der Waals surface area contributed by atoms with Crippen LogP contribution in [0.1, 0.15) is 31.4 Å². The largest absolute Gasteiger partial charge is 0.396 e. The van der Waals surface area contributed by atoms with Crippen molar-refractivity contribution in [3.63, 3.8) is 0 Å². The van der Waals surface area contributed by atoms with E-state index in [-0.39, 0.29) is 13.2 Å². The zero-order valence-corrected chi connectivity index (χ0v) is 8.97. The molecule has 0 bridgehead atoms. The highest BCUT2D eigenvalue weighted by atomic mass is 16.3. The first kappa shape index (κ1) is 12.1. The summed E-state index contributed by atoms with van der Waals surface area (Å²) >= 11 is 0. The number of hydrogen-bond donors (Lipinski definition) is 2. The average molecular weight is 213 g/mol. The molecule has 0 aliphatic rings. The lowest BCUT2D eigenvalue weighted by Gasteiger charge is -1.98. The Morgan fingerprint density at radius 2 is 1.87 bits per heavy atom. The molecule has 0 atom stereocenters. The lowest BCUT2D eigenvalue weighted by molar-refractivity contribution is 0.281. The Hall–Kier alpha value is -0.940. The van der Waals surface area contributed by atoms with E-state index >= 15 is 0 Å². The van der Waals surface area contributed by atoms with Crippen molar-refractivity contribution in [2.24, 2.45) is 0 Å². The predicted molar refractivity (Wildman–Crippen MR) is 56.4 cm³/mol. The van der Waals surface area contributed by atoms with Gasteiger partial charge in [-0.05, 0) is 32.1 Å². The Balaban J connectivity index is 2.20. The van der Waals surface area contributed by atoms with Crippen molar-refractivity contribution in [3.8, 4) is 0 Å². The maximum Gasteiger partial charge on any atom is 0.0828 e. The van der Waals surface area contributed by atoms with Crippen LogP contribution < -0.4 is 0 Å². The first-order valence-corrected chi connectivity index (χ1v) is 5.47. The topological polar surface area (TPSA) is 71.2 Å². The molecule has 0 aliphatic carbocycles. The van der Waals surface area contributed by atoms with E-state index in [1.54, 1.807) is 0 Å². The summed E-state index contributed by atoms with van der Waals surface area (Å²) in [4.78, 5) is 0. The van der Waals surface area contributed by atoms with Gasteiger partial charge in [-0.3, -0.25) is 4.68 Å². The summed E-state index contributed by atoms with van der Waals surface area (Å²) in [6, 6.07) is 0. The van der Waals surface area contributed by atoms with Crippen molar-refractivity contribution >= 4 is 0 Å². The molecule has 86 valence electrons. The van der Waals surface area contributed by atoms with Gasteiger partial charge in [0.05, 0.1) is 5.69 Å². The number of hydrogen-bond acceptors (Lipinski definition) is 4. The molecule has 0 spiro atoms. The van der Waals surface area contributed by atoms with Crippen LogP contribution in [0.15, 0.2) is 6.20 Å². The molecule has 0 aromatic carbocycles. The van der Waals surface area contributed by atoms with Gasteiger partial charge in [0.1, 0.15) is 0 Å². The van der Waals surface area contributed by atoms with E-state index in [2.05, 4.69) is 10.3 Å². The van der Waals surface area contributed by atoms with Crippen LogP contribution in [-0.4, -0.2) is 38.4 Å². The van der Waals surface area contributed by atoms with Crippen LogP contribution in [0.4, 0.5) is 0 Å². The van der Waals surface area contributed by atoms with Gasteiger partial charge in [-0.2, -0.15) is 0 Å². The van der Waals surface area contributed by atoms with Gasteiger partial charge in [-0.25, -0.2) is 0 Å². The molecule has 1 aromatic heterocycles. The molecule has 0 amide bonds. The molecule has 1 heterocycles. The van der Waals surface area contributed by atoms with E-state index in [0.717, 1.165) is 44.3 Å². The van der Waals surface area contributed by atoms with Gasteiger partial charge in [-0.15, -0.1) is 5.10 Å². The molecule has 2 N–H and O–H groups in total. The zero-order chi connectivity index (χ0) is 10.9. The van der Waals surface area contributed by atoms with E-state index in [4.69, 9.17) is 10.2 Å². The summed E-state index contributed by atoms with van der Waals surface area (Å²) in [5.41, 5.74) is 0.936. The van der Waals surface area contributed by atoms with Gasteiger partial charge in [0.25, 0.3) is 0 Å². The monoisotopic (exact) mass is 213 g/mol. The number of aliphatic hydroxyl groups excluding tert-OH is 2. The van der Waals surface area contributed by atoms with Gasteiger partial charge in [-0.1, -0.05) is 5.21 Å². The highest BCUT2D eigenvalue weighted by Crippen LogP contribution is 2.01. The second-order valence-corrected chi connectivity index (χ2v) is 3.58. The maximum absolute atomic E-state index is 8.66. The van der Waals surface area contributed by atoms with Crippen LogP contribution in [0.25, 0.3) is 0 Å². The Morgan fingerprint density at radius 3 is 2.60 bits per heavy atom. The number of unbranched alkanes of at least 4 members (excludes halogenated alkanes) is 2. The Kier molecular flexibility index (Phi) is 5.96. The quantitative estimate of drug-likeness (QED) is 0.612. The first-order chi connectivity index (χ1) is 7.36. The standard InChI is InChI=1S/C10H19N3O2/c14-7-3-1-2-6-13-9-10(11-12-13)5-4-8-15/h9,14-15H,1-8H2. The third-order valence-electron chi connectivity index (χ3n) is 2.22. The van der Waals surface area contributed by atoms with Crippen molar-refractivity contribution in [3.05, 3.63) is 11.9 Å². The normalized spacial score (nSPS) is 10.8. The van der Waals surface area contributed by atoms with Crippen LogP contribution in [0.2, 0.25) is 0 Å². The molecule has 0 fully saturated rings. The van der Waals surface area contributed by atoms with Gasteiger partial charge in [0, 0.05) is 26.0 Å². The smallest absolute Gasteiger partial charge is 0.0828 e. The lowest BCUT2D eigenvalue weighted by atomic mass is 10.2. The van der Waals surface area contributed by atoms with Gasteiger partial charge >= 0.3 is 0 Å². The summed E-state index contributed by atoms with van der Waals surface area (Å²) in [6.07, 6.45) is 6.34. The first-order valence-electron chi connectivity index (χ1n) is 5.47.